The lowest BCUT2D eigenvalue weighted by Gasteiger charge is -2.23. The summed E-state index contributed by atoms with van der Waals surface area (Å²) in [5.74, 6) is -0.751. The molecular formula is C15H14BrClFNO. The highest BCUT2D eigenvalue weighted by molar-refractivity contribution is 9.10. The van der Waals surface area contributed by atoms with Crippen LogP contribution in [0.1, 0.15) is 23.1 Å². The smallest absolute Gasteiger partial charge is 0.123 e. The molecule has 0 bridgehead atoms. The largest absolute Gasteiger partial charge is 0.388 e. The standard InChI is InChI=1S/C15H14BrClFNO/c16-14-5-4-10(17)7-12(14)15(20)13(8-19)9-2-1-3-11(18)6-9/h1-7,13,15,20H,8,19H2. The van der Waals surface area contributed by atoms with Crippen LogP contribution in [-0.2, 0) is 0 Å². The molecule has 0 fully saturated rings. The summed E-state index contributed by atoms with van der Waals surface area (Å²) in [6.07, 6.45) is -0.866. The number of hydrogen-bond acceptors (Lipinski definition) is 2. The van der Waals surface area contributed by atoms with E-state index in [2.05, 4.69) is 15.9 Å². The van der Waals surface area contributed by atoms with Gasteiger partial charge in [0.25, 0.3) is 0 Å². The third-order valence-electron chi connectivity index (χ3n) is 3.19. The zero-order valence-corrected chi connectivity index (χ0v) is 12.9. The second-order valence-corrected chi connectivity index (χ2v) is 5.80. The van der Waals surface area contributed by atoms with Crippen LogP contribution in [0.15, 0.2) is 46.9 Å². The minimum Gasteiger partial charge on any atom is -0.388 e. The van der Waals surface area contributed by atoms with Crippen LogP contribution in [0.4, 0.5) is 4.39 Å². The molecule has 2 aromatic carbocycles. The third-order valence-corrected chi connectivity index (χ3v) is 4.15. The Hall–Kier alpha value is -0.940. The Morgan fingerprint density at radius 3 is 2.65 bits per heavy atom. The van der Waals surface area contributed by atoms with E-state index in [1.807, 2.05) is 0 Å². The van der Waals surface area contributed by atoms with Gasteiger partial charge < -0.3 is 10.8 Å². The molecule has 0 radical (unpaired) electrons. The van der Waals surface area contributed by atoms with Gasteiger partial charge in [0.15, 0.2) is 0 Å². The molecule has 0 aliphatic rings. The average Bonchev–Trinajstić information content (AvgIpc) is 2.42. The van der Waals surface area contributed by atoms with Crippen molar-refractivity contribution in [1.29, 1.82) is 0 Å². The Labute approximate surface area is 130 Å². The molecule has 0 spiro atoms. The monoisotopic (exact) mass is 357 g/mol. The molecule has 0 aromatic heterocycles. The second-order valence-electron chi connectivity index (χ2n) is 4.51. The van der Waals surface area contributed by atoms with Gasteiger partial charge in [-0.25, -0.2) is 4.39 Å². The van der Waals surface area contributed by atoms with Crippen LogP contribution in [0.3, 0.4) is 0 Å². The summed E-state index contributed by atoms with van der Waals surface area (Å²) in [4.78, 5) is 0. The van der Waals surface area contributed by atoms with Gasteiger partial charge in [0.2, 0.25) is 0 Å². The van der Waals surface area contributed by atoms with E-state index >= 15 is 0 Å². The molecule has 5 heteroatoms. The third kappa shape index (κ3) is 3.38. The SMILES string of the molecule is NCC(c1cccc(F)c1)C(O)c1cc(Cl)ccc1Br. The van der Waals surface area contributed by atoms with Gasteiger partial charge in [-0.1, -0.05) is 39.7 Å². The van der Waals surface area contributed by atoms with Crippen molar-refractivity contribution < 1.29 is 9.50 Å². The Morgan fingerprint density at radius 1 is 1.25 bits per heavy atom. The summed E-state index contributed by atoms with van der Waals surface area (Å²) in [5.41, 5.74) is 7.05. The highest BCUT2D eigenvalue weighted by Gasteiger charge is 2.23. The van der Waals surface area contributed by atoms with Gasteiger partial charge in [-0.05, 0) is 41.5 Å². The molecule has 2 rings (SSSR count). The van der Waals surface area contributed by atoms with E-state index in [1.54, 1.807) is 30.3 Å². The van der Waals surface area contributed by atoms with E-state index < -0.39 is 12.0 Å². The highest BCUT2D eigenvalue weighted by atomic mass is 79.9. The van der Waals surface area contributed by atoms with E-state index in [0.717, 1.165) is 4.47 Å². The number of benzene rings is 2. The first kappa shape index (κ1) is 15.4. The lowest BCUT2D eigenvalue weighted by atomic mass is 9.89. The summed E-state index contributed by atoms with van der Waals surface area (Å²) in [6.45, 7) is 0.198. The van der Waals surface area contributed by atoms with Crippen LogP contribution in [0.2, 0.25) is 5.02 Å². The molecule has 2 unspecified atom stereocenters. The van der Waals surface area contributed by atoms with Crippen molar-refractivity contribution in [2.24, 2.45) is 5.73 Å². The lowest BCUT2D eigenvalue weighted by molar-refractivity contribution is 0.146. The fraction of sp³-hybridized carbons (Fsp3) is 0.200. The fourth-order valence-corrected chi connectivity index (χ4v) is 2.80. The van der Waals surface area contributed by atoms with Crippen molar-refractivity contribution >= 4 is 27.5 Å². The summed E-state index contributed by atoms with van der Waals surface area (Å²) in [5, 5.41) is 11.1. The zero-order chi connectivity index (χ0) is 14.7. The summed E-state index contributed by atoms with van der Waals surface area (Å²) in [7, 11) is 0. The Balaban J connectivity index is 2.38. The first-order chi connectivity index (χ1) is 9.52. The van der Waals surface area contributed by atoms with E-state index in [0.29, 0.717) is 16.1 Å². The fourth-order valence-electron chi connectivity index (χ4n) is 2.14. The van der Waals surface area contributed by atoms with E-state index in [-0.39, 0.29) is 12.4 Å². The minimum absolute atomic E-state index is 0.198. The Kier molecular flexibility index (Phi) is 5.16. The minimum atomic E-state index is -0.866. The molecule has 20 heavy (non-hydrogen) atoms. The van der Waals surface area contributed by atoms with Crippen molar-refractivity contribution in [3.63, 3.8) is 0 Å². The topological polar surface area (TPSA) is 46.2 Å². The van der Waals surface area contributed by atoms with Gasteiger partial charge in [-0.3, -0.25) is 0 Å². The van der Waals surface area contributed by atoms with Crippen molar-refractivity contribution in [2.45, 2.75) is 12.0 Å². The molecular weight excluding hydrogens is 345 g/mol. The van der Waals surface area contributed by atoms with Crippen molar-refractivity contribution in [1.82, 2.24) is 0 Å². The molecule has 2 nitrogen and oxygen atoms in total. The van der Waals surface area contributed by atoms with Crippen LogP contribution in [0, 0.1) is 5.82 Å². The van der Waals surface area contributed by atoms with Crippen LogP contribution in [0.5, 0.6) is 0 Å². The number of aliphatic hydroxyl groups excluding tert-OH is 1. The molecule has 0 heterocycles. The number of rotatable bonds is 4. The maximum atomic E-state index is 13.3. The summed E-state index contributed by atoms with van der Waals surface area (Å²) >= 11 is 9.34. The number of nitrogens with two attached hydrogens (primary N) is 1. The van der Waals surface area contributed by atoms with Crippen LogP contribution < -0.4 is 5.73 Å². The molecule has 2 aromatic rings. The average molecular weight is 359 g/mol. The van der Waals surface area contributed by atoms with Crippen LogP contribution in [-0.4, -0.2) is 11.7 Å². The molecule has 106 valence electrons. The zero-order valence-electron chi connectivity index (χ0n) is 10.6. The van der Waals surface area contributed by atoms with Gasteiger partial charge >= 0.3 is 0 Å². The first-order valence-electron chi connectivity index (χ1n) is 6.11. The van der Waals surface area contributed by atoms with Gasteiger partial charge in [-0.15, -0.1) is 0 Å². The molecule has 2 atom stereocenters. The quantitative estimate of drug-likeness (QED) is 0.867. The maximum absolute atomic E-state index is 13.3. The van der Waals surface area contributed by atoms with Crippen LogP contribution in [0.25, 0.3) is 0 Å². The molecule has 0 aliphatic heterocycles. The molecule has 0 saturated heterocycles. The van der Waals surface area contributed by atoms with Gasteiger partial charge in [0.1, 0.15) is 5.82 Å². The molecule has 0 amide bonds. The summed E-state index contributed by atoms with van der Waals surface area (Å²) < 4.78 is 14.1. The van der Waals surface area contributed by atoms with Crippen molar-refractivity contribution in [3.05, 3.63) is 68.9 Å². The van der Waals surface area contributed by atoms with E-state index in [9.17, 15) is 9.50 Å². The Morgan fingerprint density at radius 2 is 2.00 bits per heavy atom. The maximum Gasteiger partial charge on any atom is 0.123 e. The van der Waals surface area contributed by atoms with E-state index in [4.69, 9.17) is 17.3 Å². The van der Waals surface area contributed by atoms with Gasteiger partial charge in [0, 0.05) is 22.0 Å². The van der Waals surface area contributed by atoms with Crippen molar-refractivity contribution in [3.8, 4) is 0 Å². The normalized spacial score (nSPS) is 14.1. The first-order valence-corrected chi connectivity index (χ1v) is 7.28. The Bertz CT molecular complexity index is 608. The van der Waals surface area contributed by atoms with E-state index in [1.165, 1.54) is 12.1 Å². The van der Waals surface area contributed by atoms with Gasteiger partial charge in [-0.2, -0.15) is 0 Å². The van der Waals surface area contributed by atoms with Crippen LogP contribution >= 0.6 is 27.5 Å². The number of hydrogen-bond donors (Lipinski definition) is 2. The molecule has 0 aliphatic carbocycles. The van der Waals surface area contributed by atoms with Gasteiger partial charge in [0.05, 0.1) is 6.10 Å². The van der Waals surface area contributed by atoms with Crippen molar-refractivity contribution in [2.75, 3.05) is 6.54 Å². The second kappa shape index (κ2) is 6.68. The lowest BCUT2D eigenvalue weighted by Crippen LogP contribution is -2.20. The number of halogens is 3. The molecule has 0 saturated carbocycles. The predicted octanol–water partition coefficient (Wildman–Crippen LogP) is 4.02. The predicted molar refractivity (Wildman–Crippen MR) is 82.3 cm³/mol. The molecule has 3 N–H and O–H groups in total. The summed E-state index contributed by atoms with van der Waals surface area (Å²) in [6, 6.07) is 11.3. The number of aliphatic hydroxyl groups is 1. The highest BCUT2D eigenvalue weighted by Crippen LogP contribution is 2.35.